The minimum atomic E-state index is -4.67. The number of hydrogen-bond acceptors (Lipinski definition) is 4. The Balaban J connectivity index is 0.00000288. The summed E-state index contributed by atoms with van der Waals surface area (Å²) in [5.41, 5.74) is 4.14. The van der Waals surface area contributed by atoms with Crippen molar-refractivity contribution in [2.24, 2.45) is 10.7 Å². The summed E-state index contributed by atoms with van der Waals surface area (Å²) in [5.74, 6) is 0.174. The van der Waals surface area contributed by atoms with Crippen LogP contribution in [0.3, 0.4) is 0 Å². The zero-order chi connectivity index (χ0) is 17.0. The van der Waals surface area contributed by atoms with E-state index >= 15 is 0 Å². The summed E-state index contributed by atoms with van der Waals surface area (Å²) < 4.78 is 43.5. The van der Waals surface area contributed by atoms with Crippen molar-refractivity contribution in [2.75, 3.05) is 26.3 Å². The van der Waals surface area contributed by atoms with E-state index < -0.39 is 22.4 Å². The molecule has 11 heteroatoms. The van der Waals surface area contributed by atoms with Crippen molar-refractivity contribution in [3.8, 4) is 0 Å². The Morgan fingerprint density at radius 3 is 2.50 bits per heavy atom. The van der Waals surface area contributed by atoms with E-state index in [1.54, 1.807) is 4.90 Å². The van der Waals surface area contributed by atoms with Gasteiger partial charge in [-0.25, -0.2) is 4.99 Å². The predicted octanol–water partition coefficient (Wildman–Crippen LogP) is 2.38. The molecule has 0 atom stereocenters. The maximum Gasteiger partial charge on any atom is 0.416 e. The van der Waals surface area contributed by atoms with Crippen molar-refractivity contribution in [3.05, 3.63) is 39.4 Å². The number of non-ortho nitro benzene ring substituents is 1. The van der Waals surface area contributed by atoms with Crippen LogP contribution in [0.2, 0.25) is 0 Å². The van der Waals surface area contributed by atoms with E-state index in [-0.39, 0.29) is 42.0 Å². The molecule has 0 bridgehead atoms. The van der Waals surface area contributed by atoms with E-state index in [2.05, 4.69) is 4.99 Å². The lowest BCUT2D eigenvalue weighted by molar-refractivity contribution is -0.385. The van der Waals surface area contributed by atoms with Crippen molar-refractivity contribution in [2.45, 2.75) is 12.7 Å². The largest absolute Gasteiger partial charge is 0.416 e. The van der Waals surface area contributed by atoms with Crippen LogP contribution in [0.1, 0.15) is 11.1 Å². The highest BCUT2D eigenvalue weighted by molar-refractivity contribution is 14.0. The summed E-state index contributed by atoms with van der Waals surface area (Å²) in [5, 5.41) is 10.8. The Kier molecular flexibility index (Phi) is 7.20. The number of nitro groups is 1. The summed E-state index contributed by atoms with van der Waals surface area (Å²) in [6, 6.07) is 2.40. The molecule has 1 aromatic carbocycles. The Morgan fingerprint density at radius 2 is 1.96 bits per heavy atom. The molecule has 24 heavy (non-hydrogen) atoms. The van der Waals surface area contributed by atoms with Gasteiger partial charge in [-0.1, -0.05) is 0 Å². The average molecular weight is 460 g/mol. The van der Waals surface area contributed by atoms with Gasteiger partial charge in [0, 0.05) is 25.2 Å². The van der Waals surface area contributed by atoms with E-state index in [1.807, 2.05) is 0 Å². The van der Waals surface area contributed by atoms with Gasteiger partial charge in [0.05, 0.1) is 30.2 Å². The number of guanidine groups is 1. The maximum absolute atomic E-state index is 12.8. The van der Waals surface area contributed by atoms with E-state index in [0.717, 1.165) is 12.1 Å². The molecule has 0 aromatic heterocycles. The summed E-state index contributed by atoms with van der Waals surface area (Å²) in [7, 11) is 0. The van der Waals surface area contributed by atoms with Crippen LogP contribution in [0.15, 0.2) is 23.2 Å². The van der Waals surface area contributed by atoms with Crippen LogP contribution in [0.25, 0.3) is 0 Å². The number of halogens is 4. The molecule has 0 aliphatic carbocycles. The molecule has 0 amide bonds. The minimum Gasteiger partial charge on any atom is -0.378 e. The number of nitrogens with two attached hydrogens (primary N) is 1. The number of alkyl halides is 3. The summed E-state index contributed by atoms with van der Waals surface area (Å²) in [4.78, 5) is 15.7. The Bertz CT molecular complexity index is 619. The Labute approximate surface area is 152 Å². The lowest BCUT2D eigenvalue weighted by Gasteiger charge is -2.27. The standard InChI is InChI=1S/C13H15F3N4O3.HI/c14-13(15,16)10-5-9(6-11(7-10)20(21)22)8-18-12(17)19-1-3-23-4-2-19;/h5-7H,1-4,8H2,(H2,17,18);1H. The van der Waals surface area contributed by atoms with Gasteiger partial charge in [0.1, 0.15) is 0 Å². The Morgan fingerprint density at radius 1 is 1.33 bits per heavy atom. The highest BCUT2D eigenvalue weighted by Gasteiger charge is 2.32. The first-order chi connectivity index (χ1) is 10.8. The van der Waals surface area contributed by atoms with E-state index in [0.29, 0.717) is 32.4 Å². The number of benzene rings is 1. The van der Waals surface area contributed by atoms with Crippen LogP contribution in [-0.2, 0) is 17.5 Å². The van der Waals surface area contributed by atoms with E-state index in [1.165, 1.54) is 0 Å². The van der Waals surface area contributed by atoms with Crippen LogP contribution < -0.4 is 5.73 Å². The van der Waals surface area contributed by atoms with Gasteiger partial charge in [-0.15, -0.1) is 24.0 Å². The first kappa shape index (κ1) is 20.4. The number of morpholine rings is 1. The first-order valence-corrected chi connectivity index (χ1v) is 6.75. The highest BCUT2D eigenvalue weighted by Crippen LogP contribution is 2.32. The molecular formula is C13H16F3IN4O3. The molecule has 134 valence electrons. The van der Waals surface area contributed by atoms with Crippen molar-refractivity contribution >= 4 is 35.6 Å². The molecule has 1 fully saturated rings. The van der Waals surface area contributed by atoms with Crippen LogP contribution in [0, 0.1) is 10.1 Å². The van der Waals surface area contributed by atoms with Crippen LogP contribution in [0.5, 0.6) is 0 Å². The average Bonchev–Trinajstić information content (AvgIpc) is 2.52. The minimum absolute atomic E-state index is 0. The third-order valence-electron chi connectivity index (χ3n) is 3.27. The molecule has 2 N–H and O–H groups in total. The molecular weight excluding hydrogens is 444 g/mol. The molecule has 1 heterocycles. The molecule has 1 aliphatic rings. The van der Waals surface area contributed by atoms with E-state index in [4.69, 9.17) is 10.5 Å². The quantitative estimate of drug-likeness (QED) is 0.246. The molecule has 0 unspecified atom stereocenters. The fraction of sp³-hybridized carbons (Fsp3) is 0.462. The van der Waals surface area contributed by atoms with Crippen LogP contribution >= 0.6 is 24.0 Å². The van der Waals surface area contributed by atoms with Crippen LogP contribution in [-0.4, -0.2) is 42.1 Å². The van der Waals surface area contributed by atoms with Gasteiger partial charge in [0.25, 0.3) is 5.69 Å². The molecule has 0 saturated carbocycles. The number of rotatable bonds is 3. The third-order valence-corrected chi connectivity index (χ3v) is 3.27. The highest BCUT2D eigenvalue weighted by atomic mass is 127. The number of hydrogen-bond donors (Lipinski definition) is 1. The van der Waals surface area contributed by atoms with Crippen LogP contribution in [0.4, 0.5) is 18.9 Å². The zero-order valence-corrected chi connectivity index (χ0v) is 14.8. The monoisotopic (exact) mass is 460 g/mol. The fourth-order valence-electron chi connectivity index (χ4n) is 2.10. The summed E-state index contributed by atoms with van der Waals surface area (Å²) in [6.45, 7) is 1.89. The predicted molar refractivity (Wildman–Crippen MR) is 91.2 cm³/mol. The topological polar surface area (TPSA) is 94.0 Å². The number of aliphatic imine (C=N–C) groups is 1. The molecule has 7 nitrogen and oxygen atoms in total. The SMILES string of the molecule is I.NC(=NCc1cc([N+](=O)[O-])cc(C(F)(F)F)c1)N1CCOCC1. The second-order valence-electron chi connectivity index (χ2n) is 4.92. The van der Waals surface area contributed by atoms with Gasteiger partial charge in [0.15, 0.2) is 5.96 Å². The Hall–Kier alpha value is -1.63. The molecule has 1 aliphatic heterocycles. The van der Waals surface area contributed by atoms with Crippen molar-refractivity contribution < 1.29 is 22.8 Å². The zero-order valence-electron chi connectivity index (χ0n) is 12.5. The van der Waals surface area contributed by atoms with Crippen molar-refractivity contribution in [3.63, 3.8) is 0 Å². The maximum atomic E-state index is 12.8. The molecule has 1 aromatic rings. The van der Waals surface area contributed by atoms with Gasteiger partial charge in [0.2, 0.25) is 0 Å². The smallest absolute Gasteiger partial charge is 0.378 e. The van der Waals surface area contributed by atoms with E-state index in [9.17, 15) is 23.3 Å². The normalized spacial score (nSPS) is 15.8. The lowest BCUT2D eigenvalue weighted by Crippen LogP contribution is -2.44. The second-order valence-corrected chi connectivity index (χ2v) is 4.92. The fourth-order valence-corrected chi connectivity index (χ4v) is 2.10. The molecule has 0 radical (unpaired) electrons. The first-order valence-electron chi connectivity index (χ1n) is 6.75. The third kappa shape index (κ3) is 5.47. The van der Waals surface area contributed by atoms with Crippen molar-refractivity contribution in [1.82, 2.24) is 4.90 Å². The second kappa shape index (κ2) is 8.46. The van der Waals surface area contributed by atoms with Gasteiger partial charge in [-0.2, -0.15) is 13.2 Å². The number of nitrogens with zero attached hydrogens (tertiary/aromatic N) is 3. The van der Waals surface area contributed by atoms with Crippen molar-refractivity contribution in [1.29, 1.82) is 0 Å². The van der Waals surface area contributed by atoms with Gasteiger partial charge in [-0.05, 0) is 11.6 Å². The van der Waals surface area contributed by atoms with Gasteiger partial charge >= 0.3 is 6.18 Å². The molecule has 0 spiro atoms. The van der Waals surface area contributed by atoms with Gasteiger partial charge in [-0.3, -0.25) is 10.1 Å². The number of nitro benzene ring substituents is 1. The lowest BCUT2D eigenvalue weighted by atomic mass is 10.1. The molecule has 2 rings (SSSR count). The summed E-state index contributed by atoms with van der Waals surface area (Å²) in [6.07, 6.45) is -4.67. The molecule has 1 saturated heterocycles. The van der Waals surface area contributed by atoms with Gasteiger partial charge < -0.3 is 15.4 Å². The number of ether oxygens (including phenoxy) is 1. The summed E-state index contributed by atoms with van der Waals surface area (Å²) >= 11 is 0.